The van der Waals surface area contributed by atoms with Crippen molar-refractivity contribution in [2.75, 3.05) is 27.3 Å². The summed E-state index contributed by atoms with van der Waals surface area (Å²) in [4.78, 5) is 29.6. The summed E-state index contributed by atoms with van der Waals surface area (Å²) in [5.74, 6) is -6.21. The second-order valence-electron chi connectivity index (χ2n) is 18.4. The third kappa shape index (κ3) is 4.94. The molecule has 4 saturated carbocycles. The molecule has 7 aliphatic rings. The highest BCUT2D eigenvalue weighted by Crippen LogP contribution is 2.77. The summed E-state index contributed by atoms with van der Waals surface area (Å²) in [6.45, 7) is 10.8. The number of ether oxygens (including phenoxy) is 5. The SMILES string of the molecule is CC[C@@H](C)C(=O)O[C@H]1[C@H](O)[C@H]2[C@@H](CN3C[C@@H](C)CC[C@H]3[C@@]2(C)O)[C@@H]2C[C@]34O[C@]5(O)[C@@H](OC(=O)c6ccc(OC)c(OC)c6)CC[C@@]3(C)[C@@H]5C[C@@H](O)[C@H]4[C@@]21O. The topological polar surface area (TPSA) is 185 Å². The fourth-order valence-electron chi connectivity index (χ4n) is 13.2. The van der Waals surface area contributed by atoms with E-state index >= 15 is 0 Å². The quantitative estimate of drug-likeness (QED) is 0.256. The molecule has 3 saturated heterocycles. The zero-order valence-corrected chi connectivity index (χ0v) is 32.6. The van der Waals surface area contributed by atoms with E-state index in [0.29, 0.717) is 36.8 Å². The highest BCUT2D eigenvalue weighted by atomic mass is 16.7. The number of piperidine rings is 2. The van der Waals surface area contributed by atoms with E-state index in [1.54, 1.807) is 26.0 Å². The molecule has 17 atom stereocenters. The Morgan fingerprint density at radius 2 is 1.74 bits per heavy atom. The third-order valence-corrected chi connectivity index (χ3v) is 15.9. The van der Waals surface area contributed by atoms with E-state index in [4.69, 9.17) is 23.7 Å². The first-order valence-electron chi connectivity index (χ1n) is 20.0. The van der Waals surface area contributed by atoms with Crippen molar-refractivity contribution in [3.63, 3.8) is 0 Å². The number of hydrogen-bond donors (Lipinski definition) is 5. The van der Waals surface area contributed by atoms with Crippen LogP contribution in [0.3, 0.4) is 0 Å². The zero-order valence-electron chi connectivity index (χ0n) is 32.6. The lowest BCUT2D eigenvalue weighted by Gasteiger charge is -2.64. The molecule has 300 valence electrons. The van der Waals surface area contributed by atoms with Crippen molar-refractivity contribution < 1.29 is 58.8 Å². The van der Waals surface area contributed by atoms with Crippen LogP contribution in [0.4, 0.5) is 0 Å². The number of methoxy groups -OCH3 is 2. The molecule has 0 amide bonds. The Balaban J connectivity index is 1.20. The van der Waals surface area contributed by atoms with E-state index in [0.717, 1.165) is 19.4 Å². The number of fused-ring (bicyclic) bond motifs is 5. The van der Waals surface area contributed by atoms with Gasteiger partial charge in [0.25, 0.3) is 0 Å². The minimum Gasteiger partial charge on any atom is -0.493 e. The van der Waals surface area contributed by atoms with E-state index < -0.39 is 99.9 Å². The summed E-state index contributed by atoms with van der Waals surface area (Å²) in [6, 6.07) is 4.44. The van der Waals surface area contributed by atoms with E-state index in [-0.39, 0.29) is 30.9 Å². The normalized spacial score (nSPS) is 49.4. The van der Waals surface area contributed by atoms with Gasteiger partial charge in [0.2, 0.25) is 5.79 Å². The highest BCUT2D eigenvalue weighted by Gasteiger charge is 2.87. The molecule has 7 fully saturated rings. The third-order valence-electron chi connectivity index (χ3n) is 15.9. The fourth-order valence-corrected chi connectivity index (χ4v) is 13.2. The van der Waals surface area contributed by atoms with Crippen molar-refractivity contribution >= 4 is 11.9 Å². The van der Waals surface area contributed by atoms with Gasteiger partial charge in [0.05, 0.1) is 49.1 Å². The standard InChI is InChI=1S/C41H59NO12/c1-8-21(3)35(45)53-34-32(44)31-23(19-42-18-20(2)9-12-29(42)38(31,5)47)24-17-39-33(40(24,34)48)25(43)16-28-37(39,4)14-13-30(41(28,49)54-39)52-36(46)22-10-11-26(50-6)27(15-22)51-7/h10-11,15,20-21,23-25,28-34,43-44,47-49H,8-9,12-14,16-19H2,1-7H3/t20-,21+,23-,24-,25+,28-,29-,30-,31+,32+,33+,34-,37-,38+,39+,40-,41-/m0/s1. The average molecular weight is 758 g/mol. The van der Waals surface area contributed by atoms with Gasteiger partial charge in [-0.1, -0.05) is 27.7 Å². The van der Waals surface area contributed by atoms with Crippen LogP contribution in [0.5, 0.6) is 11.5 Å². The fraction of sp³-hybridized carbons (Fsp3) is 0.805. The molecular formula is C41H59NO12. The van der Waals surface area contributed by atoms with E-state index in [1.165, 1.54) is 20.3 Å². The molecule has 1 aromatic rings. The van der Waals surface area contributed by atoms with Crippen LogP contribution in [0.25, 0.3) is 0 Å². The maximum absolute atomic E-state index is 13.7. The first-order chi connectivity index (χ1) is 25.4. The van der Waals surface area contributed by atoms with E-state index in [2.05, 4.69) is 11.8 Å². The molecule has 13 nitrogen and oxygen atoms in total. The Bertz CT molecular complexity index is 1670. The molecule has 1 aromatic carbocycles. The van der Waals surface area contributed by atoms with Crippen molar-refractivity contribution in [2.45, 2.75) is 133 Å². The van der Waals surface area contributed by atoms with Gasteiger partial charge >= 0.3 is 11.9 Å². The molecule has 3 aliphatic heterocycles. The monoisotopic (exact) mass is 757 g/mol. The number of carbonyl (C=O) groups is 2. The largest absolute Gasteiger partial charge is 0.493 e. The van der Waals surface area contributed by atoms with Crippen molar-refractivity contribution in [3.05, 3.63) is 23.8 Å². The lowest BCUT2D eigenvalue weighted by atomic mass is 9.49. The number of esters is 2. The maximum Gasteiger partial charge on any atom is 0.338 e. The smallest absolute Gasteiger partial charge is 0.338 e. The average Bonchev–Trinajstić information content (AvgIpc) is 3.41. The number of carbonyl (C=O) groups excluding carboxylic acids is 2. The van der Waals surface area contributed by atoms with Crippen LogP contribution in [0, 0.1) is 46.8 Å². The highest BCUT2D eigenvalue weighted by molar-refractivity contribution is 5.90. The van der Waals surface area contributed by atoms with Gasteiger partial charge in [-0.3, -0.25) is 9.69 Å². The second-order valence-corrected chi connectivity index (χ2v) is 18.4. The van der Waals surface area contributed by atoms with Crippen molar-refractivity contribution in [1.29, 1.82) is 0 Å². The molecule has 3 heterocycles. The number of aliphatic hydroxyl groups excluding tert-OH is 2. The lowest BCUT2D eigenvalue weighted by molar-refractivity contribution is -0.298. The predicted molar refractivity (Wildman–Crippen MR) is 192 cm³/mol. The summed E-state index contributed by atoms with van der Waals surface area (Å²) in [5.41, 5.74) is -5.29. The number of rotatable bonds is 7. The molecule has 4 bridgehead atoms. The van der Waals surface area contributed by atoms with E-state index in [9.17, 15) is 35.1 Å². The van der Waals surface area contributed by atoms with E-state index in [1.807, 2.05) is 13.8 Å². The van der Waals surface area contributed by atoms with Gasteiger partial charge in [0.15, 0.2) is 23.7 Å². The molecular weight excluding hydrogens is 698 g/mol. The first kappa shape index (κ1) is 38.4. The summed E-state index contributed by atoms with van der Waals surface area (Å²) in [5, 5.41) is 63.4. The van der Waals surface area contributed by atoms with Crippen molar-refractivity contribution in [3.8, 4) is 11.5 Å². The van der Waals surface area contributed by atoms with Crippen LogP contribution in [-0.2, 0) is 19.0 Å². The summed E-state index contributed by atoms with van der Waals surface area (Å²) < 4.78 is 30.0. The minimum absolute atomic E-state index is 0.0263. The van der Waals surface area contributed by atoms with Crippen LogP contribution in [0.2, 0.25) is 0 Å². The maximum atomic E-state index is 13.7. The Labute approximate surface area is 317 Å². The molecule has 8 rings (SSSR count). The second kappa shape index (κ2) is 12.7. The van der Waals surface area contributed by atoms with Crippen molar-refractivity contribution in [2.24, 2.45) is 46.8 Å². The molecule has 1 spiro atoms. The molecule has 4 aliphatic carbocycles. The van der Waals surface area contributed by atoms with Gasteiger partial charge in [-0.25, -0.2) is 4.79 Å². The van der Waals surface area contributed by atoms with Gasteiger partial charge in [-0.15, -0.1) is 0 Å². The van der Waals surface area contributed by atoms with Gasteiger partial charge in [-0.05, 0) is 87.8 Å². The Hall–Kier alpha value is -2.52. The lowest BCUT2D eigenvalue weighted by Crippen LogP contribution is -2.77. The zero-order chi connectivity index (χ0) is 38.9. The van der Waals surface area contributed by atoms with Gasteiger partial charge in [-0.2, -0.15) is 0 Å². The van der Waals surface area contributed by atoms with Gasteiger partial charge in [0.1, 0.15) is 5.60 Å². The van der Waals surface area contributed by atoms with Crippen LogP contribution in [0.15, 0.2) is 18.2 Å². The van der Waals surface area contributed by atoms with Gasteiger partial charge < -0.3 is 49.2 Å². The summed E-state index contributed by atoms with van der Waals surface area (Å²) in [7, 11) is 2.96. The van der Waals surface area contributed by atoms with Crippen LogP contribution in [0.1, 0.15) is 89.9 Å². The number of nitrogens with zero attached hydrogens (tertiary/aromatic N) is 1. The van der Waals surface area contributed by atoms with Gasteiger partial charge in [0, 0.05) is 42.3 Å². The summed E-state index contributed by atoms with van der Waals surface area (Å²) >= 11 is 0. The Morgan fingerprint density at radius 1 is 1.02 bits per heavy atom. The van der Waals surface area contributed by atoms with Crippen LogP contribution >= 0.6 is 0 Å². The molecule has 0 unspecified atom stereocenters. The molecule has 13 heteroatoms. The first-order valence-corrected chi connectivity index (χ1v) is 20.0. The van der Waals surface area contributed by atoms with Crippen LogP contribution in [-0.4, -0.2) is 123 Å². The molecule has 0 aromatic heterocycles. The molecule has 5 N–H and O–H groups in total. The molecule has 54 heavy (non-hydrogen) atoms. The number of aliphatic hydroxyl groups is 5. The summed E-state index contributed by atoms with van der Waals surface area (Å²) in [6.07, 6.45) is -2.12. The van der Waals surface area contributed by atoms with Crippen LogP contribution < -0.4 is 9.47 Å². The predicted octanol–water partition coefficient (Wildman–Crippen LogP) is 2.66. The number of benzene rings is 1. The van der Waals surface area contributed by atoms with Crippen molar-refractivity contribution in [1.82, 2.24) is 4.90 Å². The Morgan fingerprint density at radius 3 is 2.43 bits per heavy atom. The Kier molecular flexibility index (Phi) is 9.05. The number of hydrogen-bond acceptors (Lipinski definition) is 13. The minimum atomic E-state index is -2.01. The molecule has 0 radical (unpaired) electrons.